The van der Waals surface area contributed by atoms with Gasteiger partial charge in [-0.05, 0) is 68.1 Å². The molecule has 0 heterocycles. The zero-order valence-corrected chi connectivity index (χ0v) is 20.8. The Hall–Kier alpha value is -3.35. The quantitative estimate of drug-likeness (QED) is 0.355. The molecule has 0 aromatic heterocycles. The van der Waals surface area contributed by atoms with E-state index in [0.29, 0.717) is 34.8 Å². The van der Waals surface area contributed by atoms with Gasteiger partial charge in [-0.25, -0.2) is 0 Å². The Kier molecular flexibility index (Phi) is 8.06. The summed E-state index contributed by atoms with van der Waals surface area (Å²) in [4.78, 5) is 27.7. The minimum atomic E-state index is -0.161. The molecule has 0 atom stereocenters. The second kappa shape index (κ2) is 11.4. The smallest absolute Gasteiger partial charge is 0.238 e. The molecule has 2 amide bonds. The number of halogens is 1. The van der Waals surface area contributed by atoms with E-state index in [-0.39, 0.29) is 24.8 Å². The van der Waals surface area contributed by atoms with Gasteiger partial charge in [-0.15, -0.1) is 0 Å². The molecule has 1 aliphatic carbocycles. The van der Waals surface area contributed by atoms with Crippen LogP contribution in [0.25, 0.3) is 0 Å². The van der Waals surface area contributed by atoms with Gasteiger partial charge in [-0.2, -0.15) is 0 Å². The third-order valence-electron chi connectivity index (χ3n) is 5.97. The van der Waals surface area contributed by atoms with E-state index in [9.17, 15) is 9.59 Å². The van der Waals surface area contributed by atoms with Crippen LogP contribution >= 0.6 is 11.6 Å². The Labute approximate surface area is 211 Å². The minimum absolute atomic E-state index is 0.0666. The van der Waals surface area contributed by atoms with Crippen LogP contribution in [0.1, 0.15) is 30.4 Å². The molecule has 6 nitrogen and oxygen atoms in total. The summed E-state index contributed by atoms with van der Waals surface area (Å²) in [6.45, 7) is 4.71. The van der Waals surface area contributed by atoms with Crippen LogP contribution in [-0.4, -0.2) is 35.8 Å². The number of rotatable bonds is 10. The van der Waals surface area contributed by atoms with Crippen molar-refractivity contribution in [1.82, 2.24) is 4.90 Å². The first-order valence-electron chi connectivity index (χ1n) is 11.8. The van der Waals surface area contributed by atoms with Gasteiger partial charge in [0.15, 0.2) is 5.75 Å². The highest BCUT2D eigenvalue weighted by Gasteiger charge is 2.30. The second-order valence-corrected chi connectivity index (χ2v) is 9.31. The lowest BCUT2D eigenvalue weighted by molar-refractivity contribution is -0.119. The minimum Gasteiger partial charge on any atom is -0.455 e. The number of amides is 2. The molecule has 0 unspecified atom stereocenters. The fourth-order valence-electron chi connectivity index (χ4n) is 3.97. The molecule has 182 valence electrons. The van der Waals surface area contributed by atoms with Crippen molar-refractivity contribution < 1.29 is 14.3 Å². The summed E-state index contributed by atoms with van der Waals surface area (Å²) in [6, 6.07) is 20.8. The molecule has 0 radical (unpaired) electrons. The molecule has 35 heavy (non-hydrogen) atoms. The number of hydrogen-bond acceptors (Lipinski definition) is 4. The van der Waals surface area contributed by atoms with Crippen molar-refractivity contribution in [3.05, 3.63) is 82.9 Å². The van der Waals surface area contributed by atoms with Crippen LogP contribution in [-0.2, 0) is 9.59 Å². The molecule has 0 saturated heterocycles. The predicted octanol–water partition coefficient (Wildman–Crippen LogP) is 6.18. The van der Waals surface area contributed by atoms with Crippen molar-refractivity contribution in [1.29, 1.82) is 0 Å². The second-order valence-electron chi connectivity index (χ2n) is 8.87. The maximum atomic E-state index is 12.8. The molecule has 7 heteroatoms. The van der Waals surface area contributed by atoms with Crippen molar-refractivity contribution >= 4 is 34.8 Å². The Morgan fingerprint density at radius 3 is 2.34 bits per heavy atom. The van der Waals surface area contributed by atoms with E-state index in [1.165, 1.54) is 0 Å². The van der Waals surface area contributed by atoms with Crippen molar-refractivity contribution in [3.8, 4) is 11.5 Å². The summed E-state index contributed by atoms with van der Waals surface area (Å²) in [6.07, 6.45) is 2.34. The van der Waals surface area contributed by atoms with E-state index in [1.807, 2.05) is 62.4 Å². The maximum Gasteiger partial charge on any atom is 0.238 e. The Morgan fingerprint density at radius 1 is 0.943 bits per heavy atom. The van der Waals surface area contributed by atoms with Crippen molar-refractivity contribution in [3.63, 3.8) is 0 Å². The van der Waals surface area contributed by atoms with Gasteiger partial charge >= 0.3 is 0 Å². The molecule has 2 N–H and O–H groups in total. The number of carbonyl (C=O) groups excluding carboxylic acids is 2. The zero-order chi connectivity index (χ0) is 24.8. The van der Waals surface area contributed by atoms with Crippen molar-refractivity contribution in [2.24, 2.45) is 0 Å². The highest BCUT2D eigenvalue weighted by molar-refractivity contribution is 6.31. The molecule has 1 aliphatic rings. The van der Waals surface area contributed by atoms with Gasteiger partial charge in [0.25, 0.3) is 0 Å². The summed E-state index contributed by atoms with van der Waals surface area (Å²) in [5.41, 5.74) is 3.44. The fourth-order valence-corrected chi connectivity index (χ4v) is 4.14. The Bertz CT molecular complexity index is 1180. The molecule has 3 aromatic rings. The fraction of sp³-hybridized carbons (Fsp3) is 0.286. The van der Waals surface area contributed by atoms with Gasteiger partial charge in [0, 0.05) is 29.7 Å². The molecular formula is C28H30ClN3O3. The Balaban J connectivity index is 1.35. The number of benzene rings is 3. The van der Waals surface area contributed by atoms with Gasteiger partial charge < -0.3 is 15.4 Å². The van der Waals surface area contributed by atoms with E-state index in [2.05, 4.69) is 15.5 Å². The first-order valence-corrected chi connectivity index (χ1v) is 12.2. The van der Waals surface area contributed by atoms with E-state index >= 15 is 0 Å². The molecule has 0 bridgehead atoms. The number of ether oxygens (including phenoxy) is 1. The van der Waals surface area contributed by atoms with Crippen LogP contribution in [0.5, 0.6) is 11.5 Å². The normalized spacial score (nSPS) is 12.9. The number of nitrogens with one attached hydrogen (secondary N) is 2. The Morgan fingerprint density at radius 2 is 1.66 bits per heavy atom. The van der Waals surface area contributed by atoms with E-state index in [1.54, 1.807) is 18.2 Å². The zero-order valence-electron chi connectivity index (χ0n) is 20.0. The third kappa shape index (κ3) is 7.07. The topological polar surface area (TPSA) is 70.7 Å². The first-order chi connectivity index (χ1) is 16.9. The lowest BCUT2D eigenvalue weighted by Gasteiger charge is -2.22. The van der Waals surface area contributed by atoms with Gasteiger partial charge in [-0.1, -0.05) is 48.0 Å². The van der Waals surface area contributed by atoms with Gasteiger partial charge in [-0.3, -0.25) is 14.5 Å². The number of nitrogens with zero attached hydrogens (tertiary/aromatic N) is 1. The number of carbonyl (C=O) groups is 2. The standard InChI is InChI=1S/C28H30ClN3O3/c1-19-7-6-8-20(2)28(19)31-27(34)18-32(22-12-13-22)16-15-26(33)30-24-17-21(29)11-14-25(24)35-23-9-4-3-5-10-23/h3-11,14,17,22H,12-13,15-16,18H2,1-2H3,(H,30,33)(H,31,34). The average Bonchev–Trinajstić information content (AvgIpc) is 3.67. The molecule has 3 aromatic carbocycles. The molecule has 0 aliphatic heterocycles. The van der Waals surface area contributed by atoms with Crippen molar-refractivity contribution in [2.75, 3.05) is 23.7 Å². The lowest BCUT2D eigenvalue weighted by atomic mass is 10.1. The van der Waals surface area contributed by atoms with Crippen LogP contribution in [0.2, 0.25) is 5.02 Å². The highest BCUT2D eigenvalue weighted by Crippen LogP contribution is 2.32. The van der Waals surface area contributed by atoms with Gasteiger partial charge in [0.1, 0.15) is 5.75 Å². The molecule has 4 rings (SSSR count). The van der Waals surface area contributed by atoms with Crippen LogP contribution in [0.15, 0.2) is 66.7 Å². The van der Waals surface area contributed by atoms with E-state index in [4.69, 9.17) is 16.3 Å². The summed E-state index contributed by atoms with van der Waals surface area (Å²) in [5, 5.41) is 6.47. The van der Waals surface area contributed by atoms with Crippen molar-refractivity contribution in [2.45, 2.75) is 39.2 Å². The van der Waals surface area contributed by atoms with E-state index < -0.39 is 0 Å². The molecule has 1 fully saturated rings. The van der Waals surface area contributed by atoms with E-state index in [0.717, 1.165) is 29.7 Å². The molecule has 1 saturated carbocycles. The lowest BCUT2D eigenvalue weighted by Crippen LogP contribution is -2.37. The van der Waals surface area contributed by atoms with Gasteiger partial charge in [0.2, 0.25) is 11.8 Å². The largest absolute Gasteiger partial charge is 0.455 e. The van der Waals surface area contributed by atoms with Crippen LogP contribution < -0.4 is 15.4 Å². The molecular weight excluding hydrogens is 462 g/mol. The summed E-state index contributed by atoms with van der Waals surface area (Å²) < 4.78 is 5.93. The third-order valence-corrected chi connectivity index (χ3v) is 6.20. The summed E-state index contributed by atoms with van der Waals surface area (Å²) >= 11 is 6.17. The van der Waals surface area contributed by atoms with Crippen LogP contribution in [0, 0.1) is 13.8 Å². The SMILES string of the molecule is Cc1cccc(C)c1NC(=O)CN(CCC(=O)Nc1cc(Cl)ccc1Oc1ccccc1)C1CC1. The predicted molar refractivity (Wildman–Crippen MR) is 140 cm³/mol. The average molecular weight is 492 g/mol. The number of para-hydroxylation sites is 2. The number of anilines is 2. The summed E-state index contributed by atoms with van der Waals surface area (Å²) in [7, 11) is 0. The van der Waals surface area contributed by atoms with Crippen LogP contribution in [0.3, 0.4) is 0 Å². The number of hydrogen-bond donors (Lipinski definition) is 2. The summed E-state index contributed by atoms with van der Waals surface area (Å²) in [5.74, 6) is 0.954. The monoisotopic (exact) mass is 491 g/mol. The maximum absolute atomic E-state index is 12.8. The first kappa shape index (κ1) is 24.8. The van der Waals surface area contributed by atoms with Crippen LogP contribution in [0.4, 0.5) is 11.4 Å². The molecule has 0 spiro atoms. The highest BCUT2D eigenvalue weighted by atomic mass is 35.5. The number of aryl methyl sites for hydroxylation is 2. The van der Waals surface area contributed by atoms with Gasteiger partial charge in [0.05, 0.1) is 12.2 Å².